The first kappa shape index (κ1) is 23.0. The van der Waals surface area contributed by atoms with Gasteiger partial charge in [0, 0.05) is 30.8 Å². The van der Waals surface area contributed by atoms with Crippen molar-refractivity contribution in [3.63, 3.8) is 0 Å². The standard InChI is InChI=1S/C23H25ClN2O4S/c1-17-4-12-22(13-5-17)31(29,30)25-20-9-6-18(7-10-20)16-26-14-2-3-19(23(26)28)8-11-21(27)15-24/h3-7,9-10,12-13,25H,2,8,11,14-16H2,1H3. The van der Waals surface area contributed by atoms with Gasteiger partial charge in [-0.1, -0.05) is 35.9 Å². The van der Waals surface area contributed by atoms with Crippen LogP contribution < -0.4 is 4.72 Å². The summed E-state index contributed by atoms with van der Waals surface area (Å²) < 4.78 is 27.6. The predicted molar refractivity (Wildman–Crippen MR) is 122 cm³/mol. The van der Waals surface area contributed by atoms with Gasteiger partial charge in [0.25, 0.3) is 10.0 Å². The van der Waals surface area contributed by atoms with Crippen LogP contribution in [0.2, 0.25) is 0 Å². The molecule has 8 heteroatoms. The quantitative estimate of drug-likeness (QED) is 0.572. The molecular weight excluding hydrogens is 436 g/mol. The zero-order valence-corrected chi connectivity index (χ0v) is 18.9. The summed E-state index contributed by atoms with van der Waals surface area (Å²) in [6.45, 7) is 2.92. The number of alkyl halides is 1. The van der Waals surface area contributed by atoms with Gasteiger partial charge in [-0.2, -0.15) is 0 Å². The minimum atomic E-state index is -3.66. The van der Waals surface area contributed by atoms with Gasteiger partial charge in [-0.25, -0.2) is 8.42 Å². The van der Waals surface area contributed by atoms with Crippen molar-refractivity contribution in [3.8, 4) is 0 Å². The Kier molecular flexibility index (Phi) is 7.51. The fourth-order valence-corrected chi connectivity index (χ4v) is 4.51. The Labute approximate surface area is 188 Å². The predicted octanol–water partition coefficient (Wildman–Crippen LogP) is 4.04. The molecule has 2 aromatic carbocycles. The number of sulfonamides is 1. The number of amides is 1. The molecule has 3 rings (SSSR count). The normalized spacial score (nSPS) is 14.3. The number of rotatable bonds is 9. The summed E-state index contributed by atoms with van der Waals surface area (Å²) in [7, 11) is -3.66. The number of benzene rings is 2. The summed E-state index contributed by atoms with van der Waals surface area (Å²) in [6, 6.07) is 13.6. The molecule has 0 atom stereocenters. The molecule has 0 bridgehead atoms. The molecule has 0 aromatic heterocycles. The lowest BCUT2D eigenvalue weighted by molar-refractivity contribution is -0.128. The molecule has 0 fully saturated rings. The van der Waals surface area contributed by atoms with Gasteiger partial charge in [-0.15, -0.1) is 11.6 Å². The van der Waals surface area contributed by atoms with E-state index in [2.05, 4.69) is 4.72 Å². The molecule has 164 valence electrons. The number of aryl methyl sites for hydroxylation is 1. The number of nitrogens with zero attached hydrogens (tertiary/aromatic N) is 1. The number of halogens is 1. The second kappa shape index (κ2) is 10.1. The monoisotopic (exact) mass is 460 g/mol. The molecule has 1 aliphatic heterocycles. The third-order valence-electron chi connectivity index (χ3n) is 5.08. The molecule has 0 spiro atoms. The van der Waals surface area contributed by atoms with Gasteiger partial charge in [-0.3, -0.25) is 14.3 Å². The third kappa shape index (κ3) is 6.18. The first-order valence-electron chi connectivity index (χ1n) is 10.0. The lowest BCUT2D eigenvalue weighted by atomic mass is 10.0. The van der Waals surface area contributed by atoms with Gasteiger partial charge >= 0.3 is 0 Å². The molecule has 0 saturated carbocycles. The van der Waals surface area contributed by atoms with Gasteiger partial charge < -0.3 is 4.90 Å². The SMILES string of the molecule is Cc1ccc(S(=O)(=O)Nc2ccc(CN3CCC=C(CCC(=O)CCl)C3=O)cc2)cc1. The summed E-state index contributed by atoms with van der Waals surface area (Å²) in [5.41, 5.74) is 2.98. The van der Waals surface area contributed by atoms with Gasteiger partial charge in [-0.05, 0) is 49.6 Å². The summed E-state index contributed by atoms with van der Waals surface area (Å²) in [5, 5.41) is 0. The molecule has 1 aliphatic rings. The highest BCUT2D eigenvalue weighted by molar-refractivity contribution is 7.92. The van der Waals surface area contributed by atoms with Crippen molar-refractivity contribution in [3.05, 3.63) is 71.3 Å². The van der Waals surface area contributed by atoms with E-state index in [9.17, 15) is 18.0 Å². The molecule has 1 N–H and O–H groups in total. The molecule has 0 radical (unpaired) electrons. The van der Waals surface area contributed by atoms with Crippen molar-refractivity contribution in [1.82, 2.24) is 4.90 Å². The van der Waals surface area contributed by atoms with Crippen molar-refractivity contribution in [2.75, 3.05) is 17.1 Å². The second-order valence-corrected chi connectivity index (χ2v) is 9.48. The fraction of sp³-hybridized carbons (Fsp3) is 0.304. The molecule has 1 amide bonds. The third-order valence-corrected chi connectivity index (χ3v) is 6.78. The van der Waals surface area contributed by atoms with Crippen LogP contribution in [0.5, 0.6) is 0 Å². The number of hydrogen-bond acceptors (Lipinski definition) is 4. The maximum Gasteiger partial charge on any atom is 0.261 e. The van der Waals surface area contributed by atoms with Crippen LogP contribution in [0, 0.1) is 6.92 Å². The fourth-order valence-electron chi connectivity index (χ4n) is 3.32. The topological polar surface area (TPSA) is 83.6 Å². The van der Waals surface area contributed by atoms with Gasteiger partial charge in [0.1, 0.15) is 5.78 Å². The number of anilines is 1. The van der Waals surface area contributed by atoms with Crippen LogP contribution in [0.4, 0.5) is 5.69 Å². The average molecular weight is 461 g/mol. The number of ketones is 1. The van der Waals surface area contributed by atoms with Crippen LogP contribution >= 0.6 is 11.6 Å². The Morgan fingerprint density at radius 1 is 1.10 bits per heavy atom. The average Bonchev–Trinajstić information content (AvgIpc) is 2.75. The summed E-state index contributed by atoms with van der Waals surface area (Å²) in [4.78, 5) is 26.1. The minimum absolute atomic E-state index is 0.0365. The highest BCUT2D eigenvalue weighted by atomic mass is 35.5. The Morgan fingerprint density at radius 2 is 1.77 bits per heavy atom. The van der Waals surface area contributed by atoms with E-state index in [0.29, 0.717) is 30.8 Å². The van der Waals surface area contributed by atoms with E-state index in [1.54, 1.807) is 53.4 Å². The van der Waals surface area contributed by atoms with Crippen LogP contribution in [0.25, 0.3) is 0 Å². The smallest absolute Gasteiger partial charge is 0.261 e. The summed E-state index contributed by atoms with van der Waals surface area (Å²) in [5.74, 6) is -0.181. The minimum Gasteiger partial charge on any atom is -0.334 e. The lowest BCUT2D eigenvalue weighted by Gasteiger charge is -2.27. The molecule has 2 aromatic rings. The molecule has 31 heavy (non-hydrogen) atoms. The van der Waals surface area contributed by atoms with E-state index >= 15 is 0 Å². The molecule has 0 saturated heterocycles. The molecule has 6 nitrogen and oxygen atoms in total. The van der Waals surface area contributed by atoms with Gasteiger partial charge in [0.2, 0.25) is 5.91 Å². The van der Waals surface area contributed by atoms with E-state index in [-0.39, 0.29) is 28.9 Å². The van der Waals surface area contributed by atoms with Crippen LogP contribution in [0.15, 0.2) is 65.1 Å². The number of carbonyl (C=O) groups is 2. The van der Waals surface area contributed by atoms with Crippen molar-refractivity contribution in [2.45, 2.75) is 37.6 Å². The molecule has 1 heterocycles. The van der Waals surface area contributed by atoms with Crippen LogP contribution in [0.3, 0.4) is 0 Å². The van der Waals surface area contributed by atoms with Crippen LogP contribution in [-0.4, -0.2) is 37.4 Å². The number of nitrogens with one attached hydrogen (secondary N) is 1. The summed E-state index contributed by atoms with van der Waals surface area (Å²) >= 11 is 5.53. The highest BCUT2D eigenvalue weighted by Crippen LogP contribution is 2.21. The van der Waals surface area contributed by atoms with E-state index in [4.69, 9.17) is 11.6 Å². The summed E-state index contributed by atoms with van der Waals surface area (Å²) in [6.07, 6.45) is 3.30. The highest BCUT2D eigenvalue weighted by Gasteiger charge is 2.22. The van der Waals surface area contributed by atoms with Crippen molar-refractivity contribution in [2.24, 2.45) is 0 Å². The van der Waals surface area contributed by atoms with Gasteiger partial charge in [0.15, 0.2) is 0 Å². The number of hydrogen-bond donors (Lipinski definition) is 1. The van der Waals surface area contributed by atoms with E-state index in [0.717, 1.165) is 17.5 Å². The zero-order chi connectivity index (χ0) is 22.4. The molecule has 0 unspecified atom stereocenters. The first-order valence-corrected chi connectivity index (χ1v) is 12.0. The molecular formula is C23H25ClN2O4S. The van der Waals surface area contributed by atoms with Crippen LogP contribution in [0.1, 0.15) is 30.4 Å². The Hall–Kier alpha value is -2.64. The Bertz CT molecular complexity index is 1080. The number of carbonyl (C=O) groups excluding carboxylic acids is 2. The van der Waals surface area contributed by atoms with E-state index in [1.165, 1.54) is 0 Å². The maximum absolute atomic E-state index is 12.7. The zero-order valence-electron chi connectivity index (χ0n) is 17.3. The Balaban J connectivity index is 1.61. The number of Topliss-reactive ketones (excluding diaryl/α,β-unsaturated/α-hetero) is 1. The van der Waals surface area contributed by atoms with E-state index < -0.39 is 10.0 Å². The first-order chi connectivity index (χ1) is 14.8. The lowest BCUT2D eigenvalue weighted by Crippen LogP contribution is -2.35. The van der Waals surface area contributed by atoms with Crippen molar-refractivity contribution >= 4 is 39.0 Å². The Morgan fingerprint density at radius 3 is 2.42 bits per heavy atom. The largest absolute Gasteiger partial charge is 0.334 e. The molecule has 0 aliphatic carbocycles. The van der Waals surface area contributed by atoms with Gasteiger partial charge in [0.05, 0.1) is 10.8 Å². The van der Waals surface area contributed by atoms with Crippen LogP contribution in [-0.2, 0) is 26.2 Å². The van der Waals surface area contributed by atoms with E-state index in [1.807, 2.05) is 13.0 Å². The second-order valence-electron chi connectivity index (χ2n) is 7.53. The van der Waals surface area contributed by atoms with Crippen molar-refractivity contribution in [1.29, 1.82) is 0 Å². The maximum atomic E-state index is 12.7. The van der Waals surface area contributed by atoms with Crippen molar-refractivity contribution < 1.29 is 18.0 Å².